The molecule has 264 valence electrons. The van der Waals surface area contributed by atoms with Gasteiger partial charge in [0.15, 0.2) is 0 Å². The van der Waals surface area contributed by atoms with Crippen molar-refractivity contribution in [3.8, 4) is 28.4 Å². The Kier molecular flexibility index (Phi) is 9.89. The molecular weight excluding hydrogens is 646 g/mol. The zero-order valence-corrected chi connectivity index (χ0v) is 28.0. The second-order valence-corrected chi connectivity index (χ2v) is 14.6. The number of benzene rings is 2. The van der Waals surface area contributed by atoms with E-state index in [-0.39, 0.29) is 51.9 Å². The van der Waals surface area contributed by atoms with Gasteiger partial charge in [0.1, 0.15) is 41.0 Å². The normalized spacial score (nSPS) is 20.3. The van der Waals surface area contributed by atoms with E-state index >= 15 is 0 Å². The van der Waals surface area contributed by atoms with Crippen LogP contribution < -0.4 is 19.8 Å². The highest BCUT2D eigenvalue weighted by molar-refractivity contribution is 5.84. The molecule has 1 aromatic heterocycles. The van der Waals surface area contributed by atoms with Crippen LogP contribution in [0.3, 0.4) is 0 Å². The summed E-state index contributed by atoms with van der Waals surface area (Å²) in [6, 6.07) is 8.81. The number of alkyl halides is 6. The summed E-state index contributed by atoms with van der Waals surface area (Å²) in [4.78, 5) is 26.5. The number of fused-ring (bicyclic) bond motifs is 1. The fraction of sp³-hybridized carbons (Fsp3) is 0.543. The lowest BCUT2D eigenvalue weighted by Gasteiger charge is -2.44. The van der Waals surface area contributed by atoms with E-state index in [1.54, 1.807) is 6.92 Å². The van der Waals surface area contributed by atoms with Crippen LogP contribution >= 0.6 is 0 Å². The van der Waals surface area contributed by atoms with Gasteiger partial charge in [0.05, 0.1) is 18.1 Å². The predicted molar refractivity (Wildman–Crippen MR) is 166 cm³/mol. The van der Waals surface area contributed by atoms with Crippen molar-refractivity contribution in [1.29, 1.82) is 0 Å². The minimum absolute atomic E-state index is 0.0394. The van der Waals surface area contributed by atoms with Gasteiger partial charge in [0.2, 0.25) is 0 Å². The van der Waals surface area contributed by atoms with Gasteiger partial charge in [-0.3, -0.25) is 4.79 Å². The van der Waals surface area contributed by atoms with Gasteiger partial charge < -0.3 is 23.4 Å². The molecule has 2 aromatic carbocycles. The van der Waals surface area contributed by atoms with E-state index < -0.39 is 58.8 Å². The molecular formula is C35H40F6O7. The molecule has 0 N–H and O–H groups in total. The number of methoxy groups -OCH3 is 1. The summed E-state index contributed by atoms with van der Waals surface area (Å²) in [7, 11) is 1.25. The number of hydrogen-bond acceptors (Lipinski definition) is 7. The maximum atomic E-state index is 14.5. The summed E-state index contributed by atoms with van der Waals surface area (Å²) in [5.41, 5.74) is -3.52. The van der Waals surface area contributed by atoms with Crippen LogP contribution in [-0.4, -0.2) is 37.8 Å². The highest BCUT2D eigenvalue weighted by atomic mass is 19.4. The Morgan fingerprint density at radius 1 is 0.833 bits per heavy atom. The Labute approximate surface area is 274 Å². The van der Waals surface area contributed by atoms with Gasteiger partial charge in [-0.15, -0.1) is 13.2 Å². The summed E-state index contributed by atoms with van der Waals surface area (Å²) in [5, 5.41) is 0.261. The minimum Gasteiger partial charge on any atom is -0.497 e. The van der Waals surface area contributed by atoms with E-state index in [1.165, 1.54) is 43.5 Å². The SMILES string of the molecule is COc1ccc(-c2cc3ccc(OC4CCC(OC(=O)C(C)(CC(C)(C)C)C(C)(C)C)C4C(F)(F)F)cc3oc2=O)c(OC(F)(F)F)c1. The van der Waals surface area contributed by atoms with Crippen LogP contribution in [0.2, 0.25) is 0 Å². The zero-order chi connectivity index (χ0) is 36.0. The molecule has 1 aliphatic rings. The molecule has 13 heteroatoms. The van der Waals surface area contributed by atoms with Gasteiger partial charge in [0, 0.05) is 23.1 Å². The van der Waals surface area contributed by atoms with Crippen LogP contribution in [0.1, 0.15) is 67.7 Å². The molecule has 1 aliphatic carbocycles. The summed E-state index contributed by atoms with van der Waals surface area (Å²) < 4.78 is 109. The van der Waals surface area contributed by atoms with Crippen molar-refractivity contribution in [2.45, 2.75) is 92.5 Å². The van der Waals surface area contributed by atoms with Gasteiger partial charge in [-0.1, -0.05) is 41.5 Å². The van der Waals surface area contributed by atoms with Crippen molar-refractivity contribution in [2.24, 2.45) is 22.2 Å². The van der Waals surface area contributed by atoms with E-state index in [0.29, 0.717) is 6.42 Å². The number of rotatable bonds is 8. The Morgan fingerprint density at radius 2 is 1.46 bits per heavy atom. The van der Waals surface area contributed by atoms with Crippen molar-refractivity contribution >= 4 is 16.9 Å². The fourth-order valence-corrected chi connectivity index (χ4v) is 6.17. The summed E-state index contributed by atoms with van der Waals surface area (Å²) in [6.45, 7) is 13.1. The minimum atomic E-state index is -5.06. The number of carbonyl (C=O) groups excluding carboxylic acids is 1. The lowest BCUT2D eigenvalue weighted by atomic mass is 9.61. The van der Waals surface area contributed by atoms with Crippen LogP contribution in [0.15, 0.2) is 51.7 Å². The van der Waals surface area contributed by atoms with Gasteiger partial charge in [-0.25, -0.2) is 4.79 Å². The van der Waals surface area contributed by atoms with E-state index in [1.807, 2.05) is 41.5 Å². The first kappa shape index (κ1) is 36.9. The van der Waals surface area contributed by atoms with Crippen molar-refractivity contribution in [3.05, 3.63) is 52.9 Å². The summed E-state index contributed by atoms with van der Waals surface area (Å²) in [5.74, 6) is -3.49. The smallest absolute Gasteiger partial charge is 0.497 e. The highest BCUT2D eigenvalue weighted by Gasteiger charge is 2.57. The Balaban J connectivity index is 1.61. The highest BCUT2D eigenvalue weighted by Crippen LogP contribution is 2.50. The van der Waals surface area contributed by atoms with Crippen molar-refractivity contribution in [2.75, 3.05) is 7.11 Å². The fourth-order valence-electron chi connectivity index (χ4n) is 6.17. The monoisotopic (exact) mass is 686 g/mol. The molecule has 1 heterocycles. The van der Waals surface area contributed by atoms with E-state index in [9.17, 15) is 35.9 Å². The molecule has 0 amide bonds. The molecule has 4 rings (SSSR count). The van der Waals surface area contributed by atoms with E-state index in [4.69, 9.17) is 18.6 Å². The molecule has 3 aromatic rings. The standard InChI is InChI=1S/C35H40F6O7/c1-31(2,3)18-33(7,32(4,5)6)30(43)47-25-14-13-24(28(25)34(36,37)38)45-21-10-9-19-15-23(29(42)46-26(19)17-21)22-12-11-20(44-8)16-27(22)48-35(39,40)41/h9-12,15-17,24-25,28H,13-14,18H2,1-8H3. The molecule has 4 atom stereocenters. The predicted octanol–water partition coefficient (Wildman–Crippen LogP) is 9.49. The van der Waals surface area contributed by atoms with Crippen molar-refractivity contribution in [3.63, 3.8) is 0 Å². The van der Waals surface area contributed by atoms with Crippen molar-refractivity contribution in [1.82, 2.24) is 0 Å². The maximum absolute atomic E-state index is 14.5. The van der Waals surface area contributed by atoms with Crippen LogP contribution in [-0.2, 0) is 9.53 Å². The maximum Gasteiger partial charge on any atom is 0.573 e. The van der Waals surface area contributed by atoms with Crippen LogP contribution in [0.5, 0.6) is 17.2 Å². The quantitative estimate of drug-likeness (QED) is 0.133. The summed E-state index contributed by atoms with van der Waals surface area (Å²) in [6.07, 6.45) is -12.4. The Morgan fingerprint density at radius 3 is 2.02 bits per heavy atom. The number of esters is 1. The molecule has 0 bridgehead atoms. The molecule has 4 unspecified atom stereocenters. The molecule has 7 nitrogen and oxygen atoms in total. The van der Waals surface area contributed by atoms with Gasteiger partial charge >= 0.3 is 24.1 Å². The Hall–Kier alpha value is -3.90. The lowest BCUT2D eigenvalue weighted by molar-refractivity contribution is -0.274. The first-order valence-electron chi connectivity index (χ1n) is 15.4. The third-order valence-electron chi connectivity index (χ3n) is 8.86. The molecule has 0 radical (unpaired) electrons. The second-order valence-electron chi connectivity index (χ2n) is 14.6. The first-order valence-corrected chi connectivity index (χ1v) is 15.4. The molecule has 48 heavy (non-hydrogen) atoms. The number of ether oxygens (including phenoxy) is 4. The second kappa shape index (κ2) is 12.9. The average molecular weight is 687 g/mol. The number of hydrogen-bond donors (Lipinski definition) is 0. The number of halogens is 6. The third kappa shape index (κ3) is 8.20. The Bertz CT molecular complexity index is 1700. The molecule has 1 saturated carbocycles. The number of carbonyl (C=O) groups is 1. The zero-order valence-electron chi connectivity index (χ0n) is 28.0. The average Bonchev–Trinajstić information content (AvgIpc) is 3.32. The van der Waals surface area contributed by atoms with E-state index in [0.717, 1.165) is 6.07 Å². The van der Waals surface area contributed by atoms with Crippen LogP contribution in [0, 0.1) is 22.2 Å². The first-order chi connectivity index (χ1) is 21.9. The van der Waals surface area contributed by atoms with Gasteiger partial charge in [-0.2, -0.15) is 13.2 Å². The third-order valence-corrected chi connectivity index (χ3v) is 8.86. The van der Waals surface area contributed by atoms with Gasteiger partial charge in [-0.05, 0) is 67.3 Å². The topological polar surface area (TPSA) is 84.2 Å². The molecule has 1 fully saturated rings. The molecule has 0 aliphatic heterocycles. The summed E-state index contributed by atoms with van der Waals surface area (Å²) >= 11 is 0. The van der Waals surface area contributed by atoms with E-state index in [2.05, 4.69) is 4.74 Å². The largest absolute Gasteiger partial charge is 0.573 e. The van der Waals surface area contributed by atoms with Crippen LogP contribution in [0.25, 0.3) is 22.1 Å². The molecule has 0 spiro atoms. The van der Waals surface area contributed by atoms with Gasteiger partial charge in [0.25, 0.3) is 0 Å². The molecule has 0 saturated heterocycles. The lowest BCUT2D eigenvalue weighted by Crippen LogP contribution is -2.48. The van der Waals surface area contributed by atoms with Crippen LogP contribution in [0.4, 0.5) is 26.3 Å². The van der Waals surface area contributed by atoms with Crippen molar-refractivity contribution < 1.29 is 54.5 Å².